The Labute approximate surface area is 105 Å². The summed E-state index contributed by atoms with van der Waals surface area (Å²) in [6.45, 7) is 0.537. The van der Waals surface area contributed by atoms with E-state index in [1.54, 1.807) is 29.5 Å². The molecule has 0 aliphatic rings. The van der Waals surface area contributed by atoms with Gasteiger partial charge in [0.1, 0.15) is 5.76 Å². The number of hydrogen-bond donors (Lipinski definition) is 0. The lowest BCUT2D eigenvalue weighted by molar-refractivity contribution is -0.130. The number of rotatable bonds is 5. The van der Waals surface area contributed by atoms with Crippen molar-refractivity contribution < 1.29 is 9.21 Å². The summed E-state index contributed by atoms with van der Waals surface area (Å²) in [6.07, 6.45) is 2.98. The van der Waals surface area contributed by atoms with Crippen LogP contribution in [0.5, 0.6) is 0 Å². The molecule has 0 radical (unpaired) electrons. The second kappa shape index (κ2) is 5.68. The molecule has 0 N–H and O–H groups in total. The van der Waals surface area contributed by atoms with Crippen LogP contribution in [-0.4, -0.2) is 17.9 Å². The minimum absolute atomic E-state index is 0.146. The Morgan fingerprint density at radius 2 is 2.35 bits per heavy atom. The summed E-state index contributed by atoms with van der Waals surface area (Å²) in [5.74, 6) is 0.962. The van der Waals surface area contributed by atoms with E-state index in [2.05, 4.69) is 11.4 Å². The van der Waals surface area contributed by atoms with Crippen molar-refractivity contribution in [1.29, 1.82) is 0 Å². The van der Waals surface area contributed by atoms with Crippen LogP contribution in [0, 0.1) is 0 Å². The van der Waals surface area contributed by atoms with Gasteiger partial charge in [0.25, 0.3) is 0 Å². The van der Waals surface area contributed by atoms with E-state index < -0.39 is 0 Å². The van der Waals surface area contributed by atoms with Crippen LogP contribution in [0.15, 0.2) is 39.6 Å². The molecule has 17 heavy (non-hydrogen) atoms. The molecule has 2 aromatic heterocycles. The Kier molecular flexibility index (Phi) is 3.98. The molecule has 2 heterocycles. The van der Waals surface area contributed by atoms with Gasteiger partial charge in [-0.25, -0.2) is 0 Å². The fourth-order valence-electron chi connectivity index (χ4n) is 1.60. The molecule has 0 spiro atoms. The molecule has 0 fully saturated rings. The van der Waals surface area contributed by atoms with Crippen molar-refractivity contribution in [2.24, 2.45) is 0 Å². The number of carbonyl (C=O) groups is 1. The maximum Gasteiger partial charge on any atom is 0.223 e. The number of thiophene rings is 1. The monoisotopic (exact) mass is 249 g/mol. The molecule has 3 nitrogen and oxygen atoms in total. The van der Waals surface area contributed by atoms with E-state index >= 15 is 0 Å². The van der Waals surface area contributed by atoms with E-state index in [-0.39, 0.29) is 5.91 Å². The highest BCUT2D eigenvalue weighted by Gasteiger charge is 2.10. The van der Waals surface area contributed by atoms with Crippen molar-refractivity contribution in [3.63, 3.8) is 0 Å². The normalized spacial score (nSPS) is 10.4. The quantitative estimate of drug-likeness (QED) is 0.816. The van der Waals surface area contributed by atoms with Crippen LogP contribution in [0.3, 0.4) is 0 Å². The topological polar surface area (TPSA) is 33.5 Å². The summed E-state index contributed by atoms with van der Waals surface area (Å²) >= 11 is 1.66. The molecule has 0 aliphatic carbocycles. The molecule has 2 rings (SSSR count). The van der Waals surface area contributed by atoms with Crippen LogP contribution < -0.4 is 0 Å². The number of amides is 1. The predicted molar refractivity (Wildman–Crippen MR) is 67.8 cm³/mol. The molecule has 90 valence electrons. The number of carbonyl (C=O) groups excluding carboxylic acids is 1. The van der Waals surface area contributed by atoms with E-state index in [0.717, 1.165) is 12.2 Å². The number of furan rings is 1. The van der Waals surface area contributed by atoms with E-state index in [4.69, 9.17) is 4.42 Å². The number of hydrogen-bond acceptors (Lipinski definition) is 3. The Hall–Kier alpha value is -1.55. The van der Waals surface area contributed by atoms with Crippen LogP contribution >= 0.6 is 11.3 Å². The van der Waals surface area contributed by atoms with E-state index in [1.165, 1.54) is 5.56 Å². The highest BCUT2D eigenvalue weighted by molar-refractivity contribution is 7.07. The van der Waals surface area contributed by atoms with Gasteiger partial charge in [-0.15, -0.1) is 0 Å². The third kappa shape index (κ3) is 3.46. The third-order valence-corrected chi connectivity index (χ3v) is 3.34. The van der Waals surface area contributed by atoms with Gasteiger partial charge in [-0.3, -0.25) is 4.79 Å². The van der Waals surface area contributed by atoms with Crippen LogP contribution in [-0.2, 0) is 17.8 Å². The Bertz CT molecular complexity index is 448. The lowest BCUT2D eigenvalue weighted by atomic mass is 10.2. The van der Waals surface area contributed by atoms with Gasteiger partial charge in [-0.2, -0.15) is 11.3 Å². The minimum atomic E-state index is 0.146. The Balaban J connectivity index is 1.79. The first-order valence-corrected chi connectivity index (χ1v) is 6.47. The molecule has 2 aromatic rings. The first-order valence-electron chi connectivity index (χ1n) is 5.53. The zero-order valence-corrected chi connectivity index (χ0v) is 10.6. The fourth-order valence-corrected chi connectivity index (χ4v) is 2.30. The van der Waals surface area contributed by atoms with Gasteiger partial charge in [0.05, 0.1) is 12.8 Å². The molecule has 1 amide bonds. The SMILES string of the molecule is CN(Cc1ccco1)C(=O)CCc1ccsc1. The Morgan fingerprint density at radius 1 is 1.47 bits per heavy atom. The van der Waals surface area contributed by atoms with Gasteiger partial charge in [-0.05, 0) is 40.9 Å². The van der Waals surface area contributed by atoms with Gasteiger partial charge in [-0.1, -0.05) is 0 Å². The zero-order chi connectivity index (χ0) is 12.1. The summed E-state index contributed by atoms with van der Waals surface area (Å²) in [5.41, 5.74) is 1.23. The summed E-state index contributed by atoms with van der Waals surface area (Å²) < 4.78 is 5.21. The van der Waals surface area contributed by atoms with Gasteiger partial charge in [0.2, 0.25) is 5.91 Å². The number of aryl methyl sites for hydroxylation is 1. The maximum absolute atomic E-state index is 11.9. The third-order valence-electron chi connectivity index (χ3n) is 2.61. The van der Waals surface area contributed by atoms with E-state index in [0.29, 0.717) is 13.0 Å². The van der Waals surface area contributed by atoms with Crippen LogP contribution in [0.1, 0.15) is 17.7 Å². The lowest BCUT2D eigenvalue weighted by Gasteiger charge is -2.15. The van der Waals surface area contributed by atoms with Gasteiger partial charge in [0.15, 0.2) is 0 Å². The molecule has 0 aliphatic heterocycles. The highest BCUT2D eigenvalue weighted by atomic mass is 32.1. The molecule has 0 saturated heterocycles. The molecule has 0 atom stereocenters. The number of nitrogens with zero attached hydrogens (tertiary/aromatic N) is 1. The zero-order valence-electron chi connectivity index (χ0n) is 9.76. The molecule has 4 heteroatoms. The average molecular weight is 249 g/mol. The molecular formula is C13H15NO2S. The summed E-state index contributed by atoms with van der Waals surface area (Å²) in [7, 11) is 1.80. The summed E-state index contributed by atoms with van der Waals surface area (Å²) in [4.78, 5) is 13.6. The first kappa shape index (κ1) is 11.9. The van der Waals surface area contributed by atoms with Crippen LogP contribution in [0.4, 0.5) is 0 Å². The van der Waals surface area contributed by atoms with Gasteiger partial charge >= 0.3 is 0 Å². The fraction of sp³-hybridized carbons (Fsp3) is 0.308. The second-order valence-electron chi connectivity index (χ2n) is 3.96. The van der Waals surface area contributed by atoms with Crippen molar-refractivity contribution in [2.75, 3.05) is 7.05 Å². The average Bonchev–Trinajstić information content (AvgIpc) is 2.98. The lowest BCUT2D eigenvalue weighted by Crippen LogP contribution is -2.26. The van der Waals surface area contributed by atoms with Crippen molar-refractivity contribution in [3.05, 3.63) is 46.5 Å². The minimum Gasteiger partial charge on any atom is -0.467 e. The molecular weight excluding hydrogens is 234 g/mol. The van der Waals surface area contributed by atoms with Gasteiger partial charge in [0, 0.05) is 13.5 Å². The summed E-state index contributed by atoms with van der Waals surface area (Å²) in [6, 6.07) is 5.77. The molecule has 0 unspecified atom stereocenters. The molecule has 0 bridgehead atoms. The van der Waals surface area contributed by atoms with E-state index in [1.807, 2.05) is 17.5 Å². The van der Waals surface area contributed by atoms with Crippen molar-refractivity contribution >= 4 is 17.2 Å². The van der Waals surface area contributed by atoms with Gasteiger partial charge < -0.3 is 9.32 Å². The summed E-state index contributed by atoms with van der Waals surface area (Å²) in [5, 5.41) is 4.12. The predicted octanol–water partition coefficient (Wildman–Crippen LogP) is 2.93. The van der Waals surface area contributed by atoms with Crippen molar-refractivity contribution in [1.82, 2.24) is 4.90 Å². The smallest absolute Gasteiger partial charge is 0.223 e. The molecule has 0 saturated carbocycles. The molecule has 0 aromatic carbocycles. The Morgan fingerprint density at radius 3 is 3.00 bits per heavy atom. The largest absolute Gasteiger partial charge is 0.467 e. The second-order valence-corrected chi connectivity index (χ2v) is 4.74. The van der Waals surface area contributed by atoms with Crippen molar-refractivity contribution in [3.8, 4) is 0 Å². The van der Waals surface area contributed by atoms with E-state index in [9.17, 15) is 4.79 Å². The van der Waals surface area contributed by atoms with Crippen LogP contribution in [0.25, 0.3) is 0 Å². The highest BCUT2D eigenvalue weighted by Crippen LogP contribution is 2.10. The first-order chi connectivity index (χ1) is 8.25. The maximum atomic E-state index is 11.9. The standard InChI is InChI=1S/C13H15NO2S/c1-14(9-12-3-2-7-16-12)13(15)5-4-11-6-8-17-10-11/h2-3,6-8,10H,4-5,9H2,1H3. The van der Waals surface area contributed by atoms with Crippen LogP contribution in [0.2, 0.25) is 0 Å². The van der Waals surface area contributed by atoms with Crippen molar-refractivity contribution in [2.45, 2.75) is 19.4 Å².